The molecule has 3 aromatic rings. The lowest BCUT2D eigenvalue weighted by molar-refractivity contribution is -0.268. The van der Waals surface area contributed by atoms with E-state index in [1.807, 2.05) is 66.7 Å². The lowest BCUT2D eigenvalue weighted by atomic mass is 10.00. The maximum absolute atomic E-state index is 6.44. The van der Waals surface area contributed by atoms with E-state index in [1.165, 1.54) is 0 Å². The first-order valence-corrected chi connectivity index (χ1v) is 11.1. The Kier molecular flexibility index (Phi) is 6.92. The Labute approximate surface area is 188 Å². The van der Waals surface area contributed by atoms with Gasteiger partial charge in [0.2, 0.25) is 0 Å². The molecule has 2 saturated heterocycles. The molecule has 5 rings (SSSR count). The van der Waals surface area contributed by atoms with Gasteiger partial charge < -0.3 is 23.7 Å². The molecule has 5 heteroatoms. The first-order valence-electron chi connectivity index (χ1n) is 11.1. The Balaban J connectivity index is 1.33. The number of hydrogen-bond donors (Lipinski definition) is 0. The molecule has 2 heterocycles. The second kappa shape index (κ2) is 10.4. The topological polar surface area (TPSA) is 46.2 Å². The van der Waals surface area contributed by atoms with E-state index < -0.39 is 12.4 Å². The van der Waals surface area contributed by atoms with Crippen molar-refractivity contribution in [3.63, 3.8) is 0 Å². The van der Waals surface area contributed by atoms with Crippen molar-refractivity contribution in [2.75, 3.05) is 6.61 Å². The summed E-state index contributed by atoms with van der Waals surface area (Å²) in [5.74, 6) is 0. The fourth-order valence-corrected chi connectivity index (χ4v) is 4.20. The van der Waals surface area contributed by atoms with Gasteiger partial charge in [-0.05, 0) is 16.7 Å². The summed E-state index contributed by atoms with van der Waals surface area (Å²) in [6, 6.07) is 30.4. The lowest BCUT2D eigenvalue weighted by Crippen LogP contribution is -2.56. The summed E-state index contributed by atoms with van der Waals surface area (Å²) >= 11 is 0. The second-order valence-electron chi connectivity index (χ2n) is 8.16. The monoisotopic (exact) mass is 432 g/mol. The number of ether oxygens (including phenoxy) is 5. The van der Waals surface area contributed by atoms with Gasteiger partial charge in [-0.2, -0.15) is 0 Å². The van der Waals surface area contributed by atoms with Crippen LogP contribution in [0.2, 0.25) is 0 Å². The minimum Gasteiger partial charge on any atom is -0.368 e. The van der Waals surface area contributed by atoms with Crippen LogP contribution in [0.5, 0.6) is 0 Å². The molecule has 0 spiro atoms. The summed E-state index contributed by atoms with van der Waals surface area (Å²) in [6.45, 7) is 1.88. The summed E-state index contributed by atoms with van der Waals surface area (Å²) in [7, 11) is 0. The Morgan fingerprint density at radius 3 is 1.50 bits per heavy atom. The highest BCUT2D eigenvalue weighted by Crippen LogP contribution is 2.35. The Morgan fingerprint density at radius 2 is 1.00 bits per heavy atom. The third-order valence-electron chi connectivity index (χ3n) is 5.87. The van der Waals surface area contributed by atoms with Gasteiger partial charge in [-0.1, -0.05) is 91.0 Å². The first-order chi connectivity index (χ1) is 15.9. The molecule has 5 nitrogen and oxygen atoms in total. The number of fused-ring (bicyclic) bond motifs is 2. The zero-order chi connectivity index (χ0) is 21.6. The molecule has 0 radical (unpaired) electrons. The van der Waals surface area contributed by atoms with E-state index in [1.54, 1.807) is 0 Å². The van der Waals surface area contributed by atoms with Crippen molar-refractivity contribution in [1.82, 2.24) is 0 Å². The van der Waals surface area contributed by atoms with E-state index in [0.717, 1.165) is 16.7 Å². The fourth-order valence-electron chi connectivity index (χ4n) is 4.20. The molecule has 2 bridgehead atoms. The van der Waals surface area contributed by atoms with E-state index in [0.29, 0.717) is 26.4 Å². The summed E-state index contributed by atoms with van der Waals surface area (Å²) in [5.41, 5.74) is 3.31. The van der Waals surface area contributed by atoms with Gasteiger partial charge in [0.15, 0.2) is 6.29 Å². The zero-order valence-corrected chi connectivity index (χ0v) is 17.9. The van der Waals surface area contributed by atoms with Crippen molar-refractivity contribution in [3.8, 4) is 0 Å². The molecular formula is C27H28O5. The van der Waals surface area contributed by atoms with Crippen LogP contribution in [0, 0.1) is 0 Å². The van der Waals surface area contributed by atoms with E-state index in [2.05, 4.69) is 24.3 Å². The van der Waals surface area contributed by atoms with Crippen LogP contribution in [-0.2, 0) is 43.5 Å². The van der Waals surface area contributed by atoms with Gasteiger partial charge in [-0.25, -0.2) is 0 Å². The van der Waals surface area contributed by atoms with Gasteiger partial charge in [0.1, 0.15) is 24.4 Å². The first kappa shape index (κ1) is 21.3. The van der Waals surface area contributed by atoms with Gasteiger partial charge in [-0.3, -0.25) is 0 Å². The predicted octanol–water partition coefficient (Wildman–Crippen LogP) is 4.50. The normalized spacial score (nSPS) is 26.8. The van der Waals surface area contributed by atoms with Crippen molar-refractivity contribution >= 4 is 0 Å². The molecule has 32 heavy (non-hydrogen) atoms. The van der Waals surface area contributed by atoms with Gasteiger partial charge in [0.05, 0.1) is 26.4 Å². The molecule has 2 aliphatic rings. The van der Waals surface area contributed by atoms with E-state index >= 15 is 0 Å². The number of benzene rings is 3. The van der Waals surface area contributed by atoms with Gasteiger partial charge >= 0.3 is 0 Å². The molecular weight excluding hydrogens is 404 g/mol. The highest BCUT2D eigenvalue weighted by molar-refractivity contribution is 5.15. The van der Waals surface area contributed by atoms with Crippen molar-refractivity contribution in [1.29, 1.82) is 0 Å². The molecule has 0 amide bonds. The van der Waals surface area contributed by atoms with Crippen LogP contribution in [-0.4, -0.2) is 37.3 Å². The Morgan fingerprint density at radius 1 is 0.562 bits per heavy atom. The van der Waals surface area contributed by atoms with Crippen LogP contribution in [0.3, 0.4) is 0 Å². The summed E-state index contributed by atoms with van der Waals surface area (Å²) in [6.07, 6.45) is -1.63. The highest BCUT2D eigenvalue weighted by atomic mass is 16.8. The number of rotatable bonds is 9. The molecule has 166 valence electrons. The molecule has 0 saturated carbocycles. The van der Waals surface area contributed by atoms with Crippen molar-refractivity contribution in [3.05, 3.63) is 108 Å². The van der Waals surface area contributed by atoms with Crippen LogP contribution < -0.4 is 0 Å². The van der Waals surface area contributed by atoms with Crippen LogP contribution in [0.15, 0.2) is 91.0 Å². The van der Waals surface area contributed by atoms with Crippen LogP contribution in [0.1, 0.15) is 16.7 Å². The van der Waals surface area contributed by atoms with E-state index in [9.17, 15) is 0 Å². The van der Waals surface area contributed by atoms with Gasteiger partial charge in [0, 0.05) is 0 Å². The quantitative estimate of drug-likeness (QED) is 0.498. The maximum atomic E-state index is 6.44. The molecule has 0 N–H and O–H groups in total. The lowest BCUT2D eigenvalue weighted by Gasteiger charge is -2.40. The smallest absolute Gasteiger partial charge is 0.187 e. The molecule has 2 aliphatic heterocycles. The molecule has 5 atom stereocenters. The number of hydrogen-bond acceptors (Lipinski definition) is 5. The summed E-state index contributed by atoms with van der Waals surface area (Å²) in [5, 5.41) is 0. The third-order valence-corrected chi connectivity index (χ3v) is 5.87. The standard InChI is InChI=1S/C27H28O5/c1-4-10-20(11-5-1)16-28-24-23-19-31-27(32-23)26(30-18-22-14-8-3-9-15-22)25(24)29-17-21-12-6-2-7-13-21/h1-15,23-27H,16-19H2/t23-,24-,25-,26+,27+/m1/s1. The summed E-state index contributed by atoms with van der Waals surface area (Å²) < 4.78 is 31.2. The molecule has 0 unspecified atom stereocenters. The van der Waals surface area contributed by atoms with E-state index in [-0.39, 0.29) is 18.3 Å². The predicted molar refractivity (Wildman–Crippen MR) is 120 cm³/mol. The van der Waals surface area contributed by atoms with Crippen LogP contribution in [0.25, 0.3) is 0 Å². The van der Waals surface area contributed by atoms with Crippen LogP contribution in [0.4, 0.5) is 0 Å². The van der Waals surface area contributed by atoms with Crippen molar-refractivity contribution < 1.29 is 23.7 Å². The highest BCUT2D eigenvalue weighted by Gasteiger charge is 2.52. The summed E-state index contributed by atoms with van der Waals surface area (Å²) in [4.78, 5) is 0. The fraction of sp³-hybridized carbons (Fsp3) is 0.333. The molecule has 3 aromatic carbocycles. The minimum atomic E-state index is -0.457. The average molecular weight is 433 g/mol. The van der Waals surface area contributed by atoms with Gasteiger partial charge in [0.25, 0.3) is 0 Å². The molecule has 0 aliphatic carbocycles. The molecule has 0 aromatic heterocycles. The Bertz CT molecular complexity index is 892. The van der Waals surface area contributed by atoms with Crippen molar-refractivity contribution in [2.24, 2.45) is 0 Å². The Hall–Kier alpha value is -2.54. The largest absolute Gasteiger partial charge is 0.368 e. The van der Waals surface area contributed by atoms with Gasteiger partial charge in [-0.15, -0.1) is 0 Å². The second-order valence-corrected chi connectivity index (χ2v) is 8.16. The van der Waals surface area contributed by atoms with E-state index in [4.69, 9.17) is 23.7 Å². The molecule has 2 fully saturated rings. The zero-order valence-electron chi connectivity index (χ0n) is 17.9. The van der Waals surface area contributed by atoms with Crippen LogP contribution >= 0.6 is 0 Å². The minimum absolute atomic E-state index is 0.180. The van der Waals surface area contributed by atoms with Crippen molar-refractivity contribution in [2.45, 2.75) is 50.5 Å². The maximum Gasteiger partial charge on any atom is 0.187 e. The average Bonchev–Trinajstić information content (AvgIpc) is 3.29. The third kappa shape index (κ3) is 5.09. The SMILES string of the molecule is c1ccc(CO[C@H]2[C@H](OCc3ccccc3)[C@H]3OC[C@@H](O3)[C@H]2OCc2ccccc2)cc1.